The second-order valence-corrected chi connectivity index (χ2v) is 4.54. The highest BCUT2D eigenvalue weighted by molar-refractivity contribution is 6.30. The number of carbonyl (C=O) groups is 3. The molecular weight excluding hydrogens is 240 g/mol. The Kier molecular flexibility index (Phi) is 2.42. The van der Waals surface area contributed by atoms with Gasteiger partial charge >= 0.3 is 0 Å². The number of rotatable bonds is 1. The van der Waals surface area contributed by atoms with Crippen LogP contribution in [0.25, 0.3) is 0 Å². The molecule has 1 aliphatic carbocycles. The third kappa shape index (κ3) is 1.48. The average molecular weight is 250 g/mol. The fourth-order valence-corrected chi connectivity index (χ4v) is 2.54. The number of ketones is 2. The first-order valence-electron chi connectivity index (χ1n) is 5.92. The van der Waals surface area contributed by atoms with E-state index in [4.69, 9.17) is 0 Å². The lowest BCUT2D eigenvalue weighted by Gasteiger charge is -2.19. The van der Waals surface area contributed by atoms with Gasteiger partial charge in [-0.3, -0.25) is 14.4 Å². The first kappa shape index (κ1) is 11.5. The Morgan fingerprint density at radius 3 is 2.11 bits per heavy atom. The van der Waals surface area contributed by atoms with E-state index in [-0.39, 0.29) is 22.7 Å². The SMILES string of the molecule is Cc1cccc2c1C(=O)c1cccc(C=O)c1C2=O. The normalized spacial score (nSPS) is 12.9. The Morgan fingerprint density at radius 2 is 1.42 bits per heavy atom. The van der Waals surface area contributed by atoms with Crippen LogP contribution < -0.4 is 0 Å². The van der Waals surface area contributed by atoms with Crippen LogP contribution in [-0.4, -0.2) is 17.9 Å². The quantitative estimate of drug-likeness (QED) is 0.624. The van der Waals surface area contributed by atoms with E-state index in [0.717, 1.165) is 5.56 Å². The molecule has 0 atom stereocenters. The van der Waals surface area contributed by atoms with Crippen molar-refractivity contribution in [1.29, 1.82) is 0 Å². The van der Waals surface area contributed by atoms with Crippen molar-refractivity contribution >= 4 is 17.9 Å². The molecule has 3 heteroatoms. The van der Waals surface area contributed by atoms with Gasteiger partial charge in [0, 0.05) is 27.8 Å². The monoisotopic (exact) mass is 250 g/mol. The molecule has 0 radical (unpaired) electrons. The maximum absolute atomic E-state index is 12.5. The lowest BCUT2D eigenvalue weighted by molar-refractivity contribution is 0.0975. The zero-order chi connectivity index (χ0) is 13.6. The van der Waals surface area contributed by atoms with Gasteiger partial charge in [0.25, 0.3) is 0 Å². The predicted molar refractivity (Wildman–Crippen MR) is 69.9 cm³/mol. The van der Waals surface area contributed by atoms with Crippen LogP contribution in [0.4, 0.5) is 0 Å². The van der Waals surface area contributed by atoms with Crippen molar-refractivity contribution in [3.05, 3.63) is 69.8 Å². The summed E-state index contributed by atoms with van der Waals surface area (Å²) in [5.74, 6) is -0.442. The number of aldehydes is 1. The van der Waals surface area contributed by atoms with E-state index in [0.29, 0.717) is 23.0 Å². The Labute approximate surface area is 109 Å². The van der Waals surface area contributed by atoms with Crippen molar-refractivity contribution in [3.63, 3.8) is 0 Å². The summed E-state index contributed by atoms with van der Waals surface area (Å²) < 4.78 is 0. The van der Waals surface area contributed by atoms with E-state index < -0.39 is 0 Å². The zero-order valence-electron chi connectivity index (χ0n) is 10.3. The number of hydrogen-bond acceptors (Lipinski definition) is 3. The second-order valence-electron chi connectivity index (χ2n) is 4.54. The highest BCUT2D eigenvalue weighted by Gasteiger charge is 2.32. The Morgan fingerprint density at radius 1 is 0.842 bits per heavy atom. The molecule has 2 aromatic rings. The topological polar surface area (TPSA) is 51.2 Å². The summed E-state index contributed by atoms with van der Waals surface area (Å²) in [5.41, 5.74) is 2.41. The fourth-order valence-electron chi connectivity index (χ4n) is 2.54. The summed E-state index contributed by atoms with van der Waals surface area (Å²) in [4.78, 5) is 36.0. The highest BCUT2D eigenvalue weighted by atomic mass is 16.1. The molecule has 0 saturated carbocycles. The molecule has 0 N–H and O–H groups in total. The van der Waals surface area contributed by atoms with Crippen molar-refractivity contribution in [2.24, 2.45) is 0 Å². The van der Waals surface area contributed by atoms with Gasteiger partial charge in [-0.15, -0.1) is 0 Å². The van der Waals surface area contributed by atoms with Crippen LogP contribution in [0.3, 0.4) is 0 Å². The van der Waals surface area contributed by atoms with Crippen LogP contribution >= 0.6 is 0 Å². The molecule has 0 aromatic heterocycles. The van der Waals surface area contributed by atoms with E-state index in [2.05, 4.69) is 0 Å². The zero-order valence-corrected chi connectivity index (χ0v) is 10.3. The molecule has 3 rings (SSSR count). The molecule has 2 aromatic carbocycles. The van der Waals surface area contributed by atoms with E-state index in [1.165, 1.54) is 0 Å². The third-order valence-corrected chi connectivity index (χ3v) is 3.44. The van der Waals surface area contributed by atoms with Crippen LogP contribution in [0.2, 0.25) is 0 Å². The van der Waals surface area contributed by atoms with Crippen molar-refractivity contribution in [1.82, 2.24) is 0 Å². The number of benzene rings is 2. The van der Waals surface area contributed by atoms with Gasteiger partial charge < -0.3 is 0 Å². The Hall–Kier alpha value is -2.55. The van der Waals surface area contributed by atoms with Gasteiger partial charge in [-0.2, -0.15) is 0 Å². The van der Waals surface area contributed by atoms with Crippen molar-refractivity contribution in [3.8, 4) is 0 Å². The standard InChI is InChI=1S/C16H10O3/c1-9-4-2-6-11-13(9)15(18)12-7-3-5-10(8-17)14(12)16(11)19/h2-8H,1H3. The molecule has 1 aliphatic rings. The largest absolute Gasteiger partial charge is 0.298 e. The summed E-state index contributed by atoms with van der Waals surface area (Å²) in [7, 11) is 0. The lowest BCUT2D eigenvalue weighted by Crippen LogP contribution is -2.23. The predicted octanol–water partition coefficient (Wildman–Crippen LogP) is 2.58. The van der Waals surface area contributed by atoms with E-state index in [1.54, 1.807) is 43.3 Å². The van der Waals surface area contributed by atoms with Gasteiger partial charge in [0.1, 0.15) is 0 Å². The minimum Gasteiger partial charge on any atom is -0.298 e. The molecule has 0 spiro atoms. The van der Waals surface area contributed by atoms with Crippen LogP contribution in [0.15, 0.2) is 36.4 Å². The first-order chi connectivity index (χ1) is 9.15. The molecule has 0 aliphatic heterocycles. The molecule has 0 fully saturated rings. The number of fused-ring (bicyclic) bond motifs is 2. The Bertz CT molecular complexity index is 742. The summed E-state index contributed by atoms with van der Waals surface area (Å²) in [6, 6.07) is 9.95. The molecule has 0 bridgehead atoms. The van der Waals surface area contributed by atoms with Gasteiger partial charge in [0.05, 0.1) is 0 Å². The third-order valence-electron chi connectivity index (χ3n) is 3.44. The molecule has 0 amide bonds. The van der Waals surface area contributed by atoms with E-state index in [9.17, 15) is 14.4 Å². The second kappa shape index (κ2) is 3.99. The average Bonchev–Trinajstić information content (AvgIpc) is 2.43. The number of aryl methyl sites for hydroxylation is 1. The molecule has 92 valence electrons. The summed E-state index contributed by atoms with van der Waals surface area (Å²) >= 11 is 0. The first-order valence-corrected chi connectivity index (χ1v) is 5.92. The minimum absolute atomic E-state index is 0.189. The maximum atomic E-state index is 12.5. The van der Waals surface area contributed by atoms with Gasteiger partial charge in [0.2, 0.25) is 0 Å². The summed E-state index contributed by atoms with van der Waals surface area (Å²) in [5, 5.41) is 0. The number of carbonyl (C=O) groups excluding carboxylic acids is 3. The maximum Gasteiger partial charge on any atom is 0.195 e. The van der Waals surface area contributed by atoms with Gasteiger partial charge in [0.15, 0.2) is 17.9 Å². The minimum atomic E-state index is -0.254. The molecule has 0 unspecified atom stereocenters. The molecular formula is C16H10O3. The van der Waals surface area contributed by atoms with Crippen molar-refractivity contribution in [2.45, 2.75) is 6.92 Å². The van der Waals surface area contributed by atoms with Crippen LogP contribution in [0, 0.1) is 6.92 Å². The molecule has 0 saturated heterocycles. The highest BCUT2D eigenvalue weighted by Crippen LogP contribution is 2.30. The molecule has 19 heavy (non-hydrogen) atoms. The van der Waals surface area contributed by atoms with E-state index in [1.807, 2.05) is 0 Å². The van der Waals surface area contributed by atoms with Crippen molar-refractivity contribution in [2.75, 3.05) is 0 Å². The Balaban J connectivity index is 2.39. The molecule has 0 heterocycles. The smallest absolute Gasteiger partial charge is 0.195 e. The summed E-state index contributed by atoms with van der Waals surface area (Å²) in [6.45, 7) is 1.80. The number of hydrogen-bond donors (Lipinski definition) is 0. The summed E-state index contributed by atoms with van der Waals surface area (Å²) in [6.07, 6.45) is 0.616. The van der Waals surface area contributed by atoms with Gasteiger partial charge in [-0.1, -0.05) is 36.4 Å². The van der Waals surface area contributed by atoms with E-state index >= 15 is 0 Å². The van der Waals surface area contributed by atoms with Crippen molar-refractivity contribution < 1.29 is 14.4 Å². The lowest BCUT2D eigenvalue weighted by atomic mass is 9.80. The van der Waals surface area contributed by atoms with Gasteiger partial charge in [-0.25, -0.2) is 0 Å². The van der Waals surface area contributed by atoms with Crippen LogP contribution in [0.1, 0.15) is 47.8 Å². The fraction of sp³-hybridized carbons (Fsp3) is 0.0625. The molecule has 3 nitrogen and oxygen atoms in total. The van der Waals surface area contributed by atoms with Crippen LogP contribution in [-0.2, 0) is 0 Å². The van der Waals surface area contributed by atoms with Crippen LogP contribution in [0.5, 0.6) is 0 Å². The van der Waals surface area contributed by atoms with Gasteiger partial charge in [-0.05, 0) is 12.5 Å².